The van der Waals surface area contributed by atoms with Crippen molar-refractivity contribution in [3.8, 4) is 0 Å². The number of aromatic nitrogens is 1. The Bertz CT molecular complexity index is 496. The molecule has 76 valence electrons. The average Bonchev–Trinajstić information content (AvgIpc) is 2.74. The molecule has 0 saturated heterocycles. The number of nitrogens with one attached hydrogen (secondary N) is 2. The molecule has 0 saturated carbocycles. The molecule has 15 heavy (non-hydrogen) atoms. The van der Waals surface area contributed by atoms with Crippen LogP contribution < -0.4 is 5.32 Å². The zero-order valence-electron chi connectivity index (χ0n) is 7.69. The molecular formula is C10H8N2O2S. The Hall–Kier alpha value is -1.88. The van der Waals surface area contributed by atoms with Crippen molar-refractivity contribution in [2.45, 2.75) is 0 Å². The van der Waals surface area contributed by atoms with Gasteiger partial charge in [-0.2, -0.15) is 0 Å². The SMILES string of the molecule is O=C(Nc1ccc(=S)[nH]c1)c1ccco1. The Morgan fingerprint density at radius 3 is 2.87 bits per heavy atom. The van der Waals surface area contributed by atoms with Crippen molar-refractivity contribution in [2.24, 2.45) is 0 Å². The minimum atomic E-state index is -0.287. The molecule has 0 aromatic carbocycles. The van der Waals surface area contributed by atoms with E-state index in [9.17, 15) is 4.79 Å². The van der Waals surface area contributed by atoms with Crippen molar-refractivity contribution in [1.82, 2.24) is 4.98 Å². The summed E-state index contributed by atoms with van der Waals surface area (Å²) in [5.74, 6) is -0.0111. The van der Waals surface area contributed by atoms with E-state index in [4.69, 9.17) is 16.6 Å². The third-order valence-electron chi connectivity index (χ3n) is 1.79. The van der Waals surface area contributed by atoms with Gasteiger partial charge in [0.25, 0.3) is 5.91 Å². The summed E-state index contributed by atoms with van der Waals surface area (Å²) in [5.41, 5.74) is 0.644. The summed E-state index contributed by atoms with van der Waals surface area (Å²) in [7, 11) is 0. The van der Waals surface area contributed by atoms with Crippen LogP contribution in [-0.4, -0.2) is 10.9 Å². The van der Waals surface area contributed by atoms with Crippen LogP contribution in [-0.2, 0) is 0 Å². The minimum Gasteiger partial charge on any atom is -0.459 e. The third kappa shape index (κ3) is 2.32. The van der Waals surface area contributed by atoms with Gasteiger partial charge in [0.1, 0.15) is 4.64 Å². The molecule has 0 aliphatic rings. The van der Waals surface area contributed by atoms with Gasteiger partial charge < -0.3 is 14.7 Å². The van der Waals surface area contributed by atoms with Crippen LogP contribution in [0.5, 0.6) is 0 Å². The molecule has 2 aromatic rings. The van der Waals surface area contributed by atoms with Crippen molar-refractivity contribution in [3.63, 3.8) is 0 Å². The first-order valence-corrected chi connectivity index (χ1v) is 4.70. The Morgan fingerprint density at radius 2 is 2.27 bits per heavy atom. The van der Waals surface area contributed by atoms with Gasteiger partial charge in [-0.05, 0) is 24.3 Å². The molecule has 0 radical (unpaired) electrons. The molecule has 1 amide bonds. The molecule has 0 atom stereocenters. The van der Waals surface area contributed by atoms with E-state index in [2.05, 4.69) is 10.3 Å². The highest BCUT2D eigenvalue weighted by molar-refractivity contribution is 7.71. The smallest absolute Gasteiger partial charge is 0.291 e. The number of aromatic amines is 1. The predicted molar refractivity (Wildman–Crippen MR) is 58.3 cm³/mol. The second kappa shape index (κ2) is 4.10. The molecule has 0 spiro atoms. The highest BCUT2D eigenvalue weighted by atomic mass is 32.1. The van der Waals surface area contributed by atoms with E-state index in [-0.39, 0.29) is 11.7 Å². The van der Waals surface area contributed by atoms with Crippen LogP contribution in [0.25, 0.3) is 0 Å². The van der Waals surface area contributed by atoms with Gasteiger partial charge >= 0.3 is 0 Å². The van der Waals surface area contributed by atoms with Gasteiger partial charge in [0.05, 0.1) is 12.0 Å². The summed E-state index contributed by atoms with van der Waals surface area (Å²) < 4.78 is 5.57. The highest BCUT2D eigenvalue weighted by Gasteiger charge is 2.07. The highest BCUT2D eigenvalue weighted by Crippen LogP contribution is 2.07. The summed E-state index contributed by atoms with van der Waals surface area (Å²) in [5, 5.41) is 2.66. The molecule has 2 N–H and O–H groups in total. The predicted octanol–water partition coefficient (Wildman–Crippen LogP) is 2.59. The lowest BCUT2D eigenvalue weighted by molar-refractivity contribution is 0.0996. The fraction of sp³-hybridized carbons (Fsp3) is 0. The van der Waals surface area contributed by atoms with E-state index < -0.39 is 0 Å². The number of carbonyl (C=O) groups is 1. The Morgan fingerprint density at radius 1 is 1.40 bits per heavy atom. The number of pyridine rings is 1. The van der Waals surface area contributed by atoms with Gasteiger partial charge in [0.2, 0.25) is 0 Å². The van der Waals surface area contributed by atoms with Crippen molar-refractivity contribution >= 4 is 23.8 Å². The number of anilines is 1. The summed E-state index contributed by atoms with van der Waals surface area (Å²) in [6, 6.07) is 6.68. The second-order valence-corrected chi connectivity index (χ2v) is 3.31. The first kappa shape index (κ1) is 9.67. The van der Waals surface area contributed by atoms with Crippen LogP contribution in [0.15, 0.2) is 41.1 Å². The molecule has 2 aromatic heterocycles. The van der Waals surface area contributed by atoms with Crippen LogP contribution in [0.1, 0.15) is 10.6 Å². The number of furan rings is 1. The first-order chi connectivity index (χ1) is 7.25. The molecule has 2 rings (SSSR count). The lowest BCUT2D eigenvalue weighted by Gasteiger charge is -2.01. The van der Waals surface area contributed by atoms with Gasteiger partial charge in [0.15, 0.2) is 5.76 Å². The van der Waals surface area contributed by atoms with E-state index >= 15 is 0 Å². The molecule has 0 fully saturated rings. The van der Waals surface area contributed by atoms with Crippen LogP contribution >= 0.6 is 12.2 Å². The van der Waals surface area contributed by atoms with E-state index in [1.165, 1.54) is 6.26 Å². The van der Waals surface area contributed by atoms with E-state index in [0.29, 0.717) is 10.3 Å². The van der Waals surface area contributed by atoms with Crippen LogP contribution in [0.4, 0.5) is 5.69 Å². The Balaban J connectivity index is 2.13. The van der Waals surface area contributed by atoms with Crippen molar-refractivity contribution in [1.29, 1.82) is 0 Å². The molecular weight excluding hydrogens is 212 g/mol. The monoisotopic (exact) mass is 220 g/mol. The largest absolute Gasteiger partial charge is 0.459 e. The Labute approximate surface area is 90.9 Å². The maximum absolute atomic E-state index is 11.5. The van der Waals surface area contributed by atoms with Crippen molar-refractivity contribution < 1.29 is 9.21 Å². The first-order valence-electron chi connectivity index (χ1n) is 4.29. The van der Waals surface area contributed by atoms with Crippen LogP contribution in [0.3, 0.4) is 0 Å². The number of hydrogen-bond acceptors (Lipinski definition) is 3. The maximum Gasteiger partial charge on any atom is 0.291 e. The number of hydrogen-bond donors (Lipinski definition) is 2. The molecule has 0 aliphatic heterocycles. The number of rotatable bonds is 2. The van der Waals surface area contributed by atoms with Gasteiger partial charge in [-0.1, -0.05) is 12.2 Å². The molecule has 0 aliphatic carbocycles. The van der Waals surface area contributed by atoms with Crippen LogP contribution in [0.2, 0.25) is 0 Å². The summed E-state index contributed by atoms with van der Waals surface area (Å²) in [6.45, 7) is 0. The van der Waals surface area contributed by atoms with Crippen LogP contribution in [0, 0.1) is 4.64 Å². The zero-order valence-corrected chi connectivity index (χ0v) is 8.51. The van der Waals surface area contributed by atoms with E-state index in [0.717, 1.165) is 0 Å². The minimum absolute atomic E-state index is 0.275. The van der Waals surface area contributed by atoms with Crippen molar-refractivity contribution in [3.05, 3.63) is 47.1 Å². The topological polar surface area (TPSA) is 58.0 Å². The molecule has 0 bridgehead atoms. The normalized spacial score (nSPS) is 9.87. The maximum atomic E-state index is 11.5. The number of H-pyrrole nitrogens is 1. The standard InChI is InChI=1S/C10H8N2O2S/c13-10(8-2-1-5-14-8)12-7-3-4-9(15)11-6-7/h1-6H,(H,11,15)(H,12,13). The van der Waals surface area contributed by atoms with Gasteiger partial charge in [0, 0.05) is 6.20 Å². The van der Waals surface area contributed by atoms with E-state index in [1.807, 2.05) is 0 Å². The van der Waals surface area contributed by atoms with Gasteiger partial charge in [-0.3, -0.25) is 4.79 Å². The van der Waals surface area contributed by atoms with Gasteiger partial charge in [-0.25, -0.2) is 0 Å². The zero-order chi connectivity index (χ0) is 10.7. The molecule has 5 heteroatoms. The molecule has 2 heterocycles. The Kier molecular flexibility index (Phi) is 2.64. The summed E-state index contributed by atoms with van der Waals surface area (Å²) >= 11 is 4.88. The molecule has 4 nitrogen and oxygen atoms in total. The lowest BCUT2D eigenvalue weighted by atomic mass is 10.4. The summed E-state index contributed by atoms with van der Waals surface area (Å²) in [6.07, 6.45) is 3.08. The van der Waals surface area contributed by atoms with E-state index in [1.54, 1.807) is 30.5 Å². The fourth-order valence-corrected chi connectivity index (χ4v) is 1.22. The lowest BCUT2D eigenvalue weighted by Crippen LogP contribution is -2.10. The summed E-state index contributed by atoms with van der Waals surface area (Å²) in [4.78, 5) is 14.3. The average molecular weight is 220 g/mol. The number of amides is 1. The number of carbonyl (C=O) groups excluding carboxylic acids is 1. The quantitative estimate of drug-likeness (QED) is 0.765. The second-order valence-electron chi connectivity index (χ2n) is 2.87. The third-order valence-corrected chi connectivity index (χ3v) is 2.04. The van der Waals surface area contributed by atoms with Gasteiger partial charge in [-0.15, -0.1) is 0 Å². The molecule has 0 unspecified atom stereocenters. The van der Waals surface area contributed by atoms with Crippen molar-refractivity contribution in [2.75, 3.05) is 5.32 Å². The fourth-order valence-electron chi connectivity index (χ4n) is 1.09.